The van der Waals surface area contributed by atoms with Crippen LogP contribution in [0.4, 0.5) is 13.2 Å². The summed E-state index contributed by atoms with van der Waals surface area (Å²) < 4.78 is 39.5. The van der Waals surface area contributed by atoms with Crippen LogP contribution in [-0.2, 0) is 22.6 Å². The van der Waals surface area contributed by atoms with Crippen molar-refractivity contribution < 1.29 is 43.2 Å². The van der Waals surface area contributed by atoms with Gasteiger partial charge in [0.15, 0.2) is 5.78 Å². The SMILES string of the molecule is CN(C)C1C(O)=C(C(N)=O)C(C)(O)C2C(=O)C3=C(O)c4c(O)ccc(-c5cccc(CN6CCC(C(F)(F)F)CC6)c5)c4CC3CC12. The lowest BCUT2D eigenvalue weighted by Gasteiger charge is -2.52. The van der Waals surface area contributed by atoms with E-state index in [1.54, 1.807) is 25.1 Å². The third-order valence-corrected chi connectivity index (χ3v) is 10.7. The number of nitrogens with zero attached hydrogens (tertiary/aromatic N) is 2. The maximum atomic E-state index is 14.2. The minimum atomic E-state index is -4.18. The number of Topliss-reactive ketones (excluding diaryl/α,β-unsaturated/α-hetero) is 1. The lowest BCUT2D eigenvalue weighted by Crippen LogP contribution is -2.61. The number of benzene rings is 2. The highest BCUT2D eigenvalue weighted by Crippen LogP contribution is 2.55. The van der Waals surface area contributed by atoms with Gasteiger partial charge >= 0.3 is 6.18 Å². The highest BCUT2D eigenvalue weighted by atomic mass is 19.4. The number of alkyl halides is 3. The molecule has 1 aliphatic heterocycles. The molecule has 6 rings (SSSR count). The second kappa shape index (κ2) is 11.7. The van der Waals surface area contributed by atoms with Crippen LogP contribution in [0.25, 0.3) is 16.9 Å². The van der Waals surface area contributed by atoms with Crippen LogP contribution in [0.5, 0.6) is 5.75 Å². The van der Waals surface area contributed by atoms with Gasteiger partial charge in [-0.1, -0.05) is 24.3 Å². The molecule has 2 fully saturated rings. The molecule has 3 aliphatic carbocycles. The summed E-state index contributed by atoms with van der Waals surface area (Å²) in [5, 5.41) is 45.4. The highest BCUT2D eigenvalue weighted by molar-refractivity contribution is 6.08. The summed E-state index contributed by atoms with van der Waals surface area (Å²) in [7, 11) is 3.39. The number of ketones is 1. The van der Waals surface area contributed by atoms with Crippen molar-refractivity contribution in [1.82, 2.24) is 9.80 Å². The van der Waals surface area contributed by atoms with Crippen LogP contribution < -0.4 is 5.73 Å². The Morgan fingerprint density at radius 1 is 1.11 bits per heavy atom. The van der Waals surface area contributed by atoms with Gasteiger partial charge in [-0.15, -0.1) is 0 Å². The minimum absolute atomic E-state index is 0.0604. The summed E-state index contributed by atoms with van der Waals surface area (Å²) in [6.45, 7) is 2.44. The number of likely N-dealkylation sites (tertiary alicyclic amines) is 1. The van der Waals surface area contributed by atoms with Crippen molar-refractivity contribution in [3.8, 4) is 16.9 Å². The minimum Gasteiger partial charge on any atom is -0.510 e. The standard InChI is InChI=1S/C35H40F3N3O6/c1-34(47)27-23(29(40(2)3)32(45)28(34)33(39)46)15-19-14-22-21(7-8-24(42)26(22)30(43)25(19)31(27)44)18-6-4-5-17(13-18)16-41-11-9-20(10-12-41)35(36,37)38/h4-8,13,19-20,23,27,29,42-43,45,47H,9-12,14-16H2,1-3H3,(H2,39,46). The van der Waals surface area contributed by atoms with Crippen LogP contribution in [0.15, 0.2) is 53.3 Å². The van der Waals surface area contributed by atoms with E-state index in [0.717, 1.165) is 16.7 Å². The third kappa shape index (κ3) is 5.49. The van der Waals surface area contributed by atoms with E-state index in [0.29, 0.717) is 25.2 Å². The summed E-state index contributed by atoms with van der Waals surface area (Å²) in [4.78, 5) is 30.3. The number of halogens is 3. The molecule has 2 aromatic carbocycles. The monoisotopic (exact) mass is 655 g/mol. The number of nitrogens with two attached hydrogens (primary N) is 1. The molecule has 1 amide bonds. The Bertz CT molecular complexity index is 1690. The van der Waals surface area contributed by atoms with Crippen LogP contribution in [0.2, 0.25) is 0 Å². The Kier molecular flexibility index (Phi) is 8.21. The molecule has 0 radical (unpaired) electrons. The highest BCUT2D eigenvalue weighted by Gasteiger charge is 2.60. The van der Waals surface area contributed by atoms with Crippen LogP contribution in [0, 0.1) is 23.7 Å². The van der Waals surface area contributed by atoms with Gasteiger partial charge in [0, 0.05) is 12.1 Å². The second-order valence-corrected chi connectivity index (χ2v) is 13.9. The number of aliphatic hydroxyl groups is 3. The van der Waals surface area contributed by atoms with Crippen molar-refractivity contribution in [2.45, 2.75) is 57.0 Å². The number of piperidine rings is 1. The maximum Gasteiger partial charge on any atom is 0.391 e. The molecule has 0 bridgehead atoms. The first-order valence-corrected chi connectivity index (χ1v) is 15.9. The average molecular weight is 656 g/mol. The van der Waals surface area contributed by atoms with E-state index in [1.165, 1.54) is 13.0 Å². The molecule has 6 N–H and O–H groups in total. The Balaban J connectivity index is 1.36. The maximum absolute atomic E-state index is 14.2. The van der Waals surface area contributed by atoms with E-state index in [1.807, 2.05) is 29.2 Å². The summed E-state index contributed by atoms with van der Waals surface area (Å²) in [5.41, 5.74) is 6.28. The van der Waals surface area contributed by atoms with E-state index in [4.69, 9.17) is 5.73 Å². The zero-order chi connectivity index (χ0) is 34.2. The number of likely N-dealkylation sites (N-methyl/N-ethyl adjacent to an activating group) is 1. The number of allylic oxidation sites excluding steroid dienone is 1. The van der Waals surface area contributed by atoms with Crippen molar-refractivity contribution in [2.24, 2.45) is 29.4 Å². The molecular weight excluding hydrogens is 615 g/mol. The first-order valence-electron chi connectivity index (χ1n) is 15.9. The average Bonchev–Trinajstić information content (AvgIpc) is 2.96. The molecule has 47 heavy (non-hydrogen) atoms. The zero-order valence-electron chi connectivity index (χ0n) is 26.5. The number of aliphatic hydroxyl groups excluding tert-OH is 2. The van der Waals surface area contributed by atoms with Crippen molar-refractivity contribution in [1.29, 1.82) is 0 Å². The molecule has 2 aromatic rings. The molecule has 0 spiro atoms. The van der Waals surface area contributed by atoms with Crippen molar-refractivity contribution in [3.05, 3.63) is 70.0 Å². The van der Waals surface area contributed by atoms with Crippen LogP contribution in [0.3, 0.4) is 0 Å². The molecular formula is C35H40F3N3O6. The third-order valence-electron chi connectivity index (χ3n) is 10.7. The number of aromatic hydroxyl groups is 1. The molecule has 5 unspecified atom stereocenters. The molecule has 1 saturated carbocycles. The molecule has 5 atom stereocenters. The quantitative estimate of drug-likeness (QED) is 0.317. The van der Waals surface area contributed by atoms with Crippen molar-refractivity contribution >= 4 is 17.4 Å². The number of phenolic OH excluding ortho intramolecular Hbond substituents is 1. The van der Waals surface area contributed by atoms with Crippen molar-refractivity contribution in [2.75, 3.05) is 27.2 Å². The van der Waals surface area contributed by atoms with E-state index < -0.39 is 58.8 Å². The van der Waals surface area contributed by atoms with E-state index >= 15 is 0 Å². The number of rotatable bonds is 5. The Morgan fingerprint density at radius 3 is 2.40 bits per heavy atom. The topological polar surface area (TPSA) is 148 Å². The summed E-state index contributed by atoms with van der Waals surface area (Å²) in [5.74, 6) is -6.21. The predicted molar refractivity (Wildman–Crippen MR) is 168 cm³/mol. The van der Waals surface area contributed by atoms with Crippen LogP contribution in [0.1, 0.15) is 42.9 Å². The number of carbonyl (C=O) groups is 2. The lowest BCUT2D eigenvalue weighted by molar-refractivity contribution is -0.185. The van der Waals surface area contributed by atoms with Gasteiger partial charge < -0.3 is 26.2 Å². The zero-order valence-corrected chi connectivity index (χ0v) is 26.5. The molecule has 12 heteroatoms. The van der Waals surface area contributed by atoms with Gasteiger partial charge in [0.1, 0.15) is 22.9 Å². The van der Waals surface area contributed by atoms with Gasteiger partial charge in [-0.2, -0.15) is 13.2 Å². The summed E-state index contributed by atoms with van der Waals surface area (Å²) >= 11 is 0. The number of amides is 1. The second-order valence-electron chi connectivity index (χ2n) is 13.9. The fourth-order valence-corrected chi connectivity index (χ4v) is 8.67. The van der Waals surface area contributed by atoms with Gasteiger partial charge in [-0.25, -0.2) is 0 Å². The number of hydrogen-bond donors (Lipinski definition) is 5. The van der Waals surface area contributed by atoms with E-state index in [2.05, 4.69) is 0 Å². The molecule has 252 valence electrons. The predicted octanol–water partition coefficient (Wildman–Crippen LogP) is 4.47. The number of phenols is 1. The summed E-state index contributed by atoms with van der Waals surface area (Å²) in [6, 6.07) is 10.0. The normalized spacial score (nSPS) is 28.7. The fourth-order valence-electron chi connectivity index (χ4n) is 8.67. The van der Waals surface area contributed by atoms with E-state index in [-0.39, 0.29) is 54.1 Å². The molecule has 1 saturated heterocycles. The Labute approximate surface area is 270 Å². The summed E-state index contributed by atoms with van der Waals surface area (Å²) in [6.07, 6.45) is -3.50. The van der Waals surface area contributed by atoms with Gasteiger partial charge in [0.25, 0.3) is 5.91 Å². The van der Waals surface area contributed by atoms with Gasteiger partial charge in [-0.3, -0.25) is 19.4 Å². The molecule has 0 aromatic heterocycles. The molecule has 9 nitrogen and oxygen atoms in total. The Morgan fingerprint density at radius 2 is 1.79 bits per heavy atom. The number of primary amides is 1. The lowest BCUT2D eigenvalue weighted by atomic mass is 9.55. The first-order chi connectivity index (χ1) is 22.0. The van der Waals surface area contributed by atoms with Crippen molar-refractivity contribution in [3.63, 3.8) is 0 Å². The molecule has 4 aliphatic rings. The van der Waals surface area contributed by atoms with E-state index in [9.17, 15) is 43.2 Å². The van der Waals surface area contributed by atoms with Crippen LogP contribution >= 0.6 is 0 Å². The van der Waals surface area contributed by atoms with Gasteiger partial charge in [0.2, 0.25) is 0 Å². The van der Waals surface area contributed by atoms with Gasteiger partial charge in [0.05, 0.1) is 29.0 Å². The number of hydrogen-bond acceptors (Lipinski definition) is 8. The van der Waals surface area contributed by atoms with Gasteiger partial charge in [-0.05, 0) is 106 Å². The number of carbonyl (C=O) groups excluding carboxylic acids is 2. The molecule has 1 heterocycles. The number of fused-ring (bicyclic) bond motifs is 3. The van der Waals surface area contributed by atoms with Crippen LogP contribution in [-0.4, -0.2) is 86.9 Å². The fraction of sp³-hybridized carbons (Fsp3) is 0.486. The first kappa shape index (κ1) is 33.0. The largest absolute Gasteiger partial charge is 0.510 e. The Hall–Kier alpha value is -3.87. The smallest absolute Gasteiger partial charge is 0.391 e.